The summed E-state index contributed by atoms with van der Waals surface area (Å²) < 4.78 is 13.8. The van der Waals surface area contributed by atoms with E-state index >= 15 is 0 Å². The van der Waals surface area contributed by atoms with Gasteiger partial charge in [0.15, 0.2) is 0 Å². The third-order valence-corrected chi connectivity index (χ3v) is 6.23. The van der Waals surface area contributed by atoms with E-state index in [1.165, 1.54) is 12.1 Å². The number of piperidine rings is 1. The van der Waals surface area contributed by atoms with Gasteiger partial charge in [-0.25, -0.2) is 14.4 Å². The van der Waals surface area contributed by atoms with Crippen molar-refractivity contribution in [3.63, 3.8) is 0 Å². The fourth-order valence-corrected chi connectivity index (χ4v) is 4.52. The van der Waals surface area contributed by atoms with Crippen LogP contribution in [-0.2, 0) is 4.79 Å². The molecule has 7 heteroatoms. The van der Waals surface area contributed by atoms with E-state index in [-0.39, 0.29) is 17.6 Å². The van der Waals surface area contributed by atoms with Gasteiger partial charge >= 0.3 is 0 Å². The Morgan fingerprint density at radius 2 is 2.00 bits per heavy atom. The molecule has 6 nitrogen and oxygen atoms in total. The molecule has 4 aromatic rings. The molecule has 2 aromatic carbocycles. The number of carbonyl (C=O) groups is 1. The zero-order valence-corrected chi connectivity index (χ0v) is 19.0. The monoisotopic (exact) mass is 455 g/mol. The number of aromatic nitrogens is 3. The van der Waals surface area contributed by atoms with Gasteiger partial charge in [0.25, 0.3) is 0 Å². The number of hydrogen-bond acceptors (Lipinski definition) is 5. The molecule has 1 saturated heterocycles. The highest BCUT2D eigenvalue weighted by Gasteiger charge is 2.27. The lowest BCUT2D eigenvalue weighted by Crippen LogP contribution is -2.39. The number of likely N-dealkylation sites (tertiary alicyclic amines) is 1. The van der Waals surface area contributed by atoms with Crippen LogP contribution in [0.4, 0.5) is 15.9 Å². The Hall–Kier alpha value is -3.87. The molecule has 0 aliphatic carbocycles. The standard InChI is InChI=1S/C27H26FN5O/c1-2-26(34)33-12-6-8-19(17-33)27-31-24(23-16-29-15-18-7-3-4-11-22(18)23)14-25(32-27)30-21-10-5-9-20(28)13-21/h3-5,7,9-11,13-16,19H,2,6,8,12,17H2,1H3,(H,30,31,32). The smallest absolute Gasteiger partial charge is 0.222 e. The zero-order chi connectivity index (χ0) is 23.5. The van der Waals surface area contributed by atoms with Gasteiger partial charge in [-0.05, 0) is 36.4 Å². The second-order valence-corrected chi connectivity index (χ2v) is 8.57. The number of halogens is 1. The van der Waals surface area contributed by atoms with Crippen LogP contribution in [0, 0.1) is 5.82 Å². The molecule has 3 heterocycles. The van der Waals surface area contributed by atoms with Gasteiger partial charge in [-0.1, -0.05) is 37.3 Å². The number of fused-ring (bicyclic) bond motifs is 1. The molecule has 1 aliphatic rings. The summed E-state index contributed by atoms with van der Waals surface area (Å²) in [6.45, 7) is 3.26. The number of nitrogens with zero attached hydrogens (tertiary/aromatic N) is 4. The summed E-state index contributed by atoms with van der Waals surface area (Å²) >= 11 is 0. The Morgan fingerprint density at radius 3 is 2.85 bits per heavy atom. The highest BCUT2D eigenvalue weighted by molar-refractivity contribution is 5.95. The summed E-state index contributed by atoms with van der Waals surface area (Å²) in [6, 6.07) is 16.2. The number of nitrogens with one attached hydrogen (secondary N) is 1. The van der Waals surface area contributed by atoms with Crippen LogP contribution < -0.4 is 5.32 Å². The van der Waals surface area contributed by atoms with Crippen molar-refractivity contribution in [2.75, 3.05) is 18.4 Å². The fraction of sp³-hybridized carbons (Fsp3) is 0.259. The minimum absolute atomic E-state index is 0.0280. The van der Waals surface area contributed by atoms with Crippen LogP contribution in [0.25, 0.3) is 22.0 Å². The van der Waals surface area contributed by atoms with E-state index in [1.807, 2.05) is 48.5 Å². The first kappa shape index (κ1) is 21.9. The second kappa shape index (κ2) is 9.55. The molecule has 1 amide bonds. The number of pyridine rings is 1. The first-order valence-corrected chi connectivity index (χ1v) is 11.6. The minimum atomic E-state index is -0.321. The molecule has 1 fully saturated rings. The average Bonchev–Trinajstić information content (AvgIpc) is 2.88. The van der Waals surface area contributed by atoms with Crippen molar-refractivity contribution >= 4 is 28.2 Å². The van der Waals surface area contributed by atoms with Crippen LogP contribution >= 0.6 is 0 Å². The Bertz CT molecular complexity index is 1340. The molecule has 0 radical (unpaired) electrons. The summed E-state index contributed by atoms with van der Waals surface area (Å²) in [5.74, 6) is 1.12. The fourth-order valence-electron chi connectivity index (χ4n) is 4.52. The molecule has 1 aliphatic heterocycles. The quantitative estimate of drug-likeness (QED) is 0.419. The third kappa shape index (κ3) is 4.59. The van der Waals surface area contributed by atoms with Crippen molar-refractivity contribution in [1.29, 1.82) is 0 Å². The Morgan fingerprint density at radius 1 is 1.12 bits per heavy atom. The maximum absolute atomic E-state index is 13.8. The lowest BCUT2D eigenvalue weighted by molar-refractivity contribution is -0.132. The molecule has 0 bridgehead atoms. The van der Waals surface area contributed by atoms with Gasteiger partial charge in [-0.2, -0.15) is 0 Å². The van der Waals surface area contributed by atoms with E-state index in [1.54, 1.807) is 12.1 Å². The van der Waals surface area contributed by atoms with Crippen molar-refractivity contribution < 1.29 is 9.18 Å². The second-order valence-electron chi connectivity index (χ2n) is 8.57. The number of hydrogen-bond donors (Lipinski definition) is 1. The summed E-state index contributed by atoms with van der Waals surface area (Å²) in [7, 11) is 0. The first-order chi connectivity index (χ1) is 16.6. The molecule has 34 heavy (non-hydrogen) atoms. The van der Waals surface area contributed by atoms with Crippen molar-refractivity contribution in [1.82, 2.24) is 19.9 Å². The van der Waals surface area contributed by atoms with E-state index in [2.05, 4.69) is 16.4 Å². The van der Waals surface area contributed by atoms with Crippen LogP contribution in [0.15, 0.2) is 67.0 Å². The Labute approximate surface area is 197 Å². The molecule has 172 valence electrons. The lowest BCUT2D eigenvalue weighted by atomic mass is 9.96. The van der Waals surface area contributed by atoms with Crippen LogP contribution in [0.5, 0.6) is 0 Å². The highest BCUT2D eigenvalue weighted by atomic mass is 19.1. The van der Waals surface area contributed by atoms with Crippen molar-refractivity contribution in [2.24, 2.45) is 0 Å². The summed E-state index contributed by atoms with van der Waals surface area (Å²) in [5.41, 5.74) is 2.26. The predicted octanol–water partition coefficient (Wildman–Crippen LogP) is 5.69. The number of carbonyl (C=O) groups excluding carboxylic acids is 1. The average molecular weight is 456 g/mol. The van der Waals surface area contributed by atoms with Gasteiger partial charge in [-0.15, -0.1) is 0 Å². The Balaban J connectivity index is 1.59. The minimum Gasteiger partial charge on any atom is -0.342 e. The molecule has 1 N–H and O–H groups in total. The van der Waals surface area contributed by atoms with Crippen LogP contribution in [0.3, 0.4) is 0 Å². The van der Waals surface area contributed by atoms with Gasteiger partial charge in [0.1, 0.15) is 17.5 Å². The topological polar surface area (TPSA) is 71.0 Å². The highest BCUT2D eigenvalue weighted by Crippen LogP contribution is 2.32. The molecular formula is C27H26FN5O. The molecule has 2 aromatic heterocycles. The van der Waals surface area contributed by atoms with E-state index < -0.39 is 0 Å². The SMILES string of the molecule is CCC(=O)N1CCCC(c2nc(Nc3cccc(F)c3)cc(-c3cncc4ccccc34)n2)C1. The lowest BCUT2D eigenvalue weighted by Gasteiger charge is -2.32. The third-order valence-electron chi connectivity index (χ3n) is 6.23. The van der Waals surface area contributed by atoms with Crippen LogP contribution in [0.1, 0.15) is 37.9 Å². The molecular weight excluding hydrogens is 429 g/mol. The normalized spacial score (nSPS) is 15.9. The maximum atomic E-state index is 13.8. The zero-order valence-electron chi connectivity index (χ0n) is 19.0. The Kier molecular flexibility index (Phi) is 6.16. The van der Waals surface area contributed by atoms with Crippen molar-refractivity contribution in [3.8, 4) is 11.3 Å². The van der Waals surface area contributed by atoms with Crippen molar-refractivity contribution in [2.45, 2.75) is 32.1 Å². The number of rotatable bonds is 5. The van der Waals surface area contributed by atoms with Gasteiger partial charge < -0.3 is 10.2 Å². The van der Waals surface area contributed by atoms with Crippen LogP contribution in [-0.4, -0.2) is 38.8 Å². The number of benzene rings is 2. The molecule has 5 rings (SSSR count). The number of amides is 1. The van der Waals surface area contributed by atoms with Gasteiger partial charge in [0.05, 0.1) is 5.69 Å². The van der Waals surface area contributed by atoms with E-state index in [0.717, 1.165) is 41.4 Å². The summed E-state index contributed by atoms with van der Waals surface area (Å²) in [6.07, 6.45) is 5.95. The van der Waals surface area contributed by atoms with Crippen molar-refractivity contribution in [3.05, 3.63) is 78.6 Å². The number of anilines is 2. The molecule has 0 spiro atoms. The van der Waals surface area contributed by atoms with Gasteiger partial charge in [-0.3, -0.25) is 9.78 Å². The predicted molar refractivity (Wildman–Crippen MR) is 131 cm³/mol. The van der Waals surface area contributed by atoms with Crippen LogP contribution in [0.2, 0.25) is 0 Å². The van der Waals surface area contributed by atoms with E-state index in [9.17, 15) is 9.18 Å². The maximum Gasteiger partial charge on any atom is 0.222 e. The van der Waals surface area contributed by atoms with Gasteiger partial charge in [0.2, 0.25) is 5.91 Å². The van der Waals surface area contributed by atoms with Gasteiger partial charge in [0, 0.05) is 60.5 Å². The largest absolute Gasteiger partial charge is 0.342 e. The summed E-state index contributed by atoms with van der Waals surface area (Å²) in [4.78, 5) is 28.4. The first-order valence-electron chi connectivity index (χ1n) is 11.6. The summed E-state index contributed by atoms with van der Waals surface area (Å²) in [5, 5.41) is 5.31. The van der Waals surface area contributed by atoms with E-state index in [0.29, 0.717) is 30.3 Å². The molecule has 1 unspecified atom stereocenters. The van der Waals surface area contributed by atoms with E-state index in [4.69, 9.17) is 9.97 Å². The molecule has 1 atom stereocenters. The molecule has 0 saturated carbocycles.